The first-order valence-corrected chi connectivity index (χ1v) is 10.5. The van der Waals surface area contributed by atoms with Crippen LogP contribution in [-0.2, 0) is 15.7 Å². The number of anilines is 2. The van der Waals surface area contributed by atoms with E-state index in [2.05, 4.69) is 16.6 Å². The molecule has 0 radical (unpaired) electrons. The summed E-state index contributed by atoms with van der Waals surface area (Å²) in [6.45, 7) is 5.33. The zero-order valence-electron chi connectivity index (χ0n) is 17.0. The topological polar surface area (TPSA) is 75.3 Å². The van der Waals surface area contributed by atoms with Gasteiger partial charge in [0.15, 0.2) is 0 Å². The molecule has 13 heteroatoms. The van der Waals surface area contributed by atoms with Crippen LogP contribution >= 0.6 is 0 Å². The number of alkyl halides is 7. The summed E-state index contributed by atoms with van der Waals surface area (Å²) in [6, 6.07) is 5.83. The van der Waals surface area contributed by atoms with E-state index < -0.39 is 39.5 Å². The van der Waals surface area contributed by atoms with Crippen molar-refractivity contribution in [3.63, 3.8) is 0 Å². The molecule has 0 aliphatic rings. The fourth-order valence-corrected chi connectivity index (χ4v) is 3.50. The van der Waals surface area contributed by atoms with Crippen LogP contribution in [0.25, 0.3) is 0 Å². The van der Waals surface area contributed by atoms with Crippen LogP contribution in [0.5, 0.6) is 0 Å². The molecular formula is C20H17F7N2O3S. The highest BCUT2D eigenvalue weighted by molar-refractivity contribution is 7.95. The minimum atomic E-state index is -6.27. The summed E-state index contributed by atoms with van der Waals surface area (Å²) in [5.74, 6) is -0.841. The Bertz CT molecular complexity index is 1150. The van der Waals surface area contributed by atoms with Gasteiger partial charge in [-0.15, -0.1) is 0 Å². The van der Waals surface area contributed by atoms with Crippen molar-refractivity contribution in [2.45, 2.75) is 31.9 Å². The van der Waals surface area contributed by atoms with Crippen LogP contribution in [0.2, 0.25) is 0 Å². The maximum Gasteiger partial charge on any atom is 0.435 e. The molecule has 0 atom stereocenters. The molecule has 0 aliphatic carbocycles. The van der Waals surface area contributed by atoms with Crippen LogP contribution in [0, 0.1) is 13.8 Å². The van der Waals surface area contributed by atoms with Gasteiger partial charge < -0.3 is 5.32 Å². The number of aryl methyl sites for hydroxylation is 2. The Hall–Kier alpha value is -3.09. The Morgan fingerprint density at radius 1 is 0.939 bits per heavy atom. The molecule has 2 N–H and O–H groups in total. The third kappa shape index (κ3) is 5.29. The Labute approximate surface area is 184 Å². The van der Waals surface area contributed by atoms with Gasteiger partial charge in [-0.25, -0.2) is 12.8 Å². The summed E-state index contributed by atoms with van der Waals surface area (Å²) in [7, 11) is -3.87. The Morgan fingerprint density at radius 2 is 1.45 bits per heavy atom. The predicted molar refractivity (Wildman–Crippen MR) is 108 cm³/mol. The number of benzene rings is 2. The van der Waals surface area contributed by atoms with Crippen molar-refractivity contribution in [1.29, 1.82) is 0 Å². The van der Waals surface area contributed by atoms with E-state index in [1.807, 2.05) is 0 Å². The van der Waals surface area contributed by atoms with Gasteiger partial charge in [0.1, 0.15) is 0 Å². The molecule has 5 nitrogen and oxygen atoms in total. The molecule has 0 aliphatic heterocycles. The summed E-state index contributed by atoms with van der Waals surface area (Å²) >= 11 is 0. The van der Waals surface area contributed by atoms with E-state index in [0.29, 0.717) is 17.5 Å². The first kappa shape index (κ1) is 26.2. The van der Waals surface area contributed by atoms with Crippen molar-refractivity contribution in [1.82, 2.24) is 0 Å². The van der Waals surface area contributed by atoms with Gasteiger partial charge in [0.05, 0.1) is 0 Å². The van der Waals surface area contributed by atoms with Crippen molar-refractivity contribution in [2.24, 2.45) is 0 Å². The fourth-order valence-electron chi connectivity index (χ4n) is 2.96. The number of carbonyl (C=O) groups is 1. The number of halogens is 7. The zero-order chi connectivity index (χ0) is 25.4. The lowest BCUT2D eigenvalue weighted by molar-refractivity contribution is -0.348. The van der Waals surface area contributed by atoms with Crippen LogP contribution in [0.3, 0.4) is 0 Å². The zero-order valence-corrected chi connectivity index (χ0v) is 17.8. The van der Waals surface area contributed by atoms with Gasteiger partial charge >= 0.3 is 18.0 Å². The quantitative estimate of drug-likeness (QED) is 0.500. The molecule has 2 aromatic carbocycles. The molecule has 0 saturated heterocycles. The van der Waals surface area contributed by atoms with Gasteiger partial charge in [-0.3, -0.25) is 9.52 Å². The number of rotatable bonds is 6. The van der Waals surface area contributed by atoms with Gasteiger partial charge in [-0.05, 0) is 43.2 Å². The predicted octanol–water partition coefficient (Wildman–Crippen LogP) is 5.73. The Balaban J connectivity index is 2.43. The molecule has 0 unspecified atom stereocenters. The smallest absolute Gasteiger partial charge is 0.322 e. The lowest BCUT2D eigenvalue weighted by atomic mass is 9.90. The third-order valence-electron chi connectivity index (χ3n) is 4.55. The molecule has 0 aromatic heterocycles. The first-order chi connectivity index (χ1) is 14.9. The second kappa shape index (κ2) is 8.69. The fraction of sp³-hybridized carbons (Fsp3) is 0.250. The molecule has 180 valence electrons. The van der Waals surface area contributed by atoms with Crippen LogP contribution in [0.15, 0.2) is 48.4 Å². The molecule has 0 saturated carbocycles. The Morgan fingerprint density at radius 3 is 1.91 bits per heavy atom. The molecule has 1 amide bonds. The summed E-state index contributed by atoms with van der Waals surface area (Å²) in [6.07, 6.45) is -12.5. The minimum absolute atomic E-state index is 0.00362. The van der Waals surface area contributed by atoms with Gasteiger partial charge in [0, 0.05) is 27.9 Å². The molecule has 0 fully saturated rings. The average Bonchev–Trinajstić information content (AvgIpc) is 2.67. The second-order valence-corrected chi connectivity index (χ2v) is 8.62. The standard InChI is InChI=1S/C20H17F7N2O3S/c1-4-33(31,32)29-15-7-5-6-13(10-15)17(30)28-16-11(2)8-14(9-12(16)3)18(21,19(22,23)24)20(25,26)27/h4-10,29H,1H2,2-3H3,(H,28,30). The third-order valence-corrected chi connectivity index (χ3v) is 5.51. The van der Waals surface area contributed by atoms with E-state index in [0.717, 1.165) is 19.9 Å². The van der Waals surface area contributed by atoms with Crippen molar-refractivity contribution < 1.29 is 43.9 Å². The van der Waals surface area contributed by atoms with Gasteiger partial charge in [0.25, 0.3) is 15.9 Å². The highest BCUT2D eigenvalue weighted by atomic mass is 32.2. The average molecular weight is 498 g/mol. The largest absolute Gasteiger partial charge is 0.435 e. The molecule has 0 bridgehead atoms. The SMILES string of the molecule is C=CS(=O)(=O)Nc1cccc(C(=O)Nc2c(C)cc(C(F)(C(F)(F)F)C(F)(F)F)cc2C)c1. The lowest BCUT2D eigenvalue weighted by Crippen LogP contribution is -2.50. The molecular weight excluding hydrogens is 481 g/mol. The number of sulfonamides is 1. The maximum atomic E-state index is 14.4. The minimum Gasteiger partial charge on any atom is -0.322 e. The van der Waals surface area contributed by atoms with E-state index in [1.165, 1.54) is 18.2 Å². The molecule has 2 aromatic rings. The Kier molecular flexibility index (Phi) is 6.89. The molecule has 0 spiro atoms. The second-order valence-electron chi connectivity index (χ2n) is 6.99. The first-order valence-electron chi connectivity index (χ1n) is 8.93. The van der Waals surface area contributed by atoms with Crippen molar-refractivity contribution >= 4 is 27.3 Å². The highest BCUT2D eigenvalue weighted by Crippen LogP contribution is 2.53. The summed E-state index contributed by atoms with van der Waals surface area (Å²) in [4.78, 5) is 12.6. The number of carbonyl (C=O) groups excluding carboxylic acids is 1. The normalized spacial score (nSPS) is 12.9. The maximum absolute atomic E-state index is 14.4. The van der Waals surface area contributed by atoms with Gasteiger partial charge in [-0.2, -0.15) is 26.3 Å². The van der Waals surface area contributed by atoms with Crippen molar-refractivity contribution in [3.8, 4) is 0 Å². The monoisotopic (exact) mass is 498 g/mol. The summed E-state index contributed by atoms with van der Waals surface area (Å²) in [5.41, 5.74) is -7.98. The van der Waals surface area contributed by atoms with Crippen LogP contribution < -0.4 is 10.0 Å². The number of amides is 1. The number of nitrogens with one attached hydrogen (secondary N) is 2. The lowest BCUT2D eigenvalue weighted by Gasteiger charge is -2.31. The number of hydrogen-bond donors (Lipinski definition) is 2. The highest BCUT2D eigenvalue weighted by Gasteiger charge is 2.73. The van der Waals surface area contributed by atoms with E-state index >= 15 is 0 Å². The molecule has 33 heavy (non-hydrogen) atoms. The summed E-state index contributed by atoms with van der Waals surface area (Å²) in [5, 5.41) is 2.97. The van der Waals surface area contributed by atoms with Crippen LogP contribution in [0.1, 0.15) is 27.0 Å². The van der Waals surface area contributed by atoms with Crippen molar-refractivity contribution in [3.05, 3.63) is 70.6 Å². The van der Waals surface area contributed by atoms with E-state index in [-0.39, 0.29) is 28.1 Å². The number of hydrogen-bond acceptors (Lipinski definition) is 3. The van der Waals surface area contributed by atoms with E-state index in [4.69, 9.17) is 0 Å². The molecule has 2 rings (SSSR count). The van der Waals surface area contributed by atoms with Crippen LogP contribution in [0.4, 0.5) is 42.1 Å². The van der Waals surface area contributed by atoms with Crippen LogP contribution in [-0.4, -0.2) is 26.7 Å². The van der Waals surface area contributed by atoms with E-state index in [1.54, 1.807) is 0 Å². The molecule has 0 heterocycles. The summed E-state index contributed by atoms with van der Waals surface area (Å²) < 4.78 is 118. The van der Waals surface area contributed by atoms with Crippen molar-refractivity contribution in [2.75, 3.05) is 10.0 Å². The van der Waals surface area contributed by atoms with Gasteiger partial charge in [-0.1, -0.05) is 24.8 Å². The van der Waals surface area contributed by atoms with E-state index in [9.17, 15) is 43.9 Å². The van der Waals surface area contributed by atoms with Gasteiger partial charge in [0.2, 0.25) is 0 Å².